The number of aromatic carboxylic acids is 1. The van der Waals surface area contributed by atoms with Crippen molar-refractivity contribution in [2.24, 2.45) is 0 Å². The van der Waals surface area contributed by atoms with Crippen LogP contribution >= 0.6 is 0 Å². The largest absolute Gasteiger partial charge is 0.478 e. The molecule has 108 valence electrons. The molecule has 0 aromatic heterocycles. The highest BCUT2D eigenvalue weighted by Crippen LogP contribution is 2.16. The number of rotatable bonds is 5. The van der Waals surface area contributed by atoms with E-state index in [1.54, 1.807) is 30.3 Å². The van der Waals surface area contributed by atoms with Gasteiger partial charge in [0.1, 0.15) is 5.82 Å². The highest BCUT2D eigenvalue weighted by Gasteiger charge is 2.12. The average molecular weight is 287 g/mol. The summed E-state index contributed by atoms with van der Waals surface area (Å²) in [6.07, 6.45) is 0.336. The van der Waals surface area contributed by atoms with Crippen molar-refractivity contribution >= 4 is 17.6 Å². The van der Waals surface area contributed by atoms with Gasteiger partial charge >= 0.3 is 5.97 Å². The number of para-hydroxylation sites is 1. The predicted molar refractivity (Wildman–Crippen MR) is 76.8 cm³/mol. The van der Waals surface area contributed by atoms with Crippen molar-refractivity contribution in [3.63, 3.8) is 0 Å². The van der Waals surface area contributed by atoms with E-state index in [-0.39, 0.29) is 35.8 Å². The van der Waals surface area contributed by atoms with Crippen LogP contribution in [0.5, 0.6) is 0 Å². The maximum atomic E-state index is 13.4. The van der Waals surface area contributed by atoms with Gasteiger partial charge in [0.25, 0.3) is 0 Å². The molecule has 0 saturated carbocycles. The van der Waals surface area contributed by atoms with Crippen LogP contribution in [0.3, 0.4) is 0 Å². The molecule has 0 spiro atoms. The Labute approximate surface area is 121 Å². The van der Waals surface area contributed by atoms with Crippen LogP contribution in [0.25, 0.3) is 0 Å². The molecule has 0 saturated heterocycles. The minimum Gasteiger partial charge on any atom is -0.478 e. The fourth-order valence-electron chi connectivity index (χ4n) is 1.94. The van der Waals surface area contributed by atoms with Crippen LogP contribution in [0.1, 0.15) is 22.3 Å². The Morgan fingerprint density at radius 1 is 1.05 bits per heavy atom. The lowest BCUT2D eigenvalue weighted by Crippen LogP contribution is -2.15. The number of benzene rings is 2. The van der Waals surface area contributed by atoms with Gasteiger partial charge in [-0.3, -0.25) is 4.79 Å². The summed E-state index contributed by atoms with van der Waals surface area (Å²) in [6.45, 7) is 0. The van der Waals surface area contributed by atoms with Gasteiger partial charge in [-0.05, 0) is 30.2 Å². The molecule has 0 fully saturated rings. The lowest BCUT2D eigenvalue weighted by molar-refractivity contribution is -0.116. The summed E-state index contributed by atoms with van der Waals surface area (Å²) in [4.78, 5) is 22.9. The van der Waals surface area contributed by atoms with Gasteiger partial charge in [-0.15, -0.1) is 0 Å². The number of carboxylic acids is 1. The second-order valence-electron chi connectivity index (χ2n) is 4.49. The molecular formula is C16H14FNO3. The first kappa shape index (κ1) is 14.7. The molecule has 4 nitrogen and oxygen atoms in total. The number of carbonyl (C=O) groups is 2. The topological polar surface area (TPSA) is 66.4 Å². The zero-order chi connectivity index (χ0) is 15.2. The van der Waals surface area contributed by atoms with E-state index in [1.165, 1.54) is 18.2 Å². The van der Waals surface area contributed by atoms with Crippen molar-refractivity contribution in [1.82, 2.24) is 0 Å². The third-order valence-electron chi connectivity index (χ3n) is 3.01. The van der Waals surface area contributed by atoms with Gasteiger partial charge in [-0.1, -0.05) is 30.3 Å². The van der Waals surface area contributed by atoms with Crippen molar-refractivity contribution < 1.29 is 19.1 Å². The fourth-order valence-corrected chi connectivity index (χ4v) is 1.94. The Morgan fingerprint density at radius 2 is 1.71 bits per heavy atom. The molecule has 0 atom stereocenters. The highest BCUT2D eigenvalue weighted by atomic mass is 19.1. The van der Waals surface area contributed by atoms with Gasteiger partial charge in [0.05, 0.1) is 11.3 Å². The van der Waals surface area contributed by atoms with Crippen molar-refractivity contribution in [2.45, 2.75) is 12.8 Å². The smallest absolute Gasteiger partial charge is 0.337 e. The van der Waals surface area contributed by atoms with E-state index in [0.29, 0.717) is 5.56 Å². The zero-order valence-corrected chi connectivity index (χ0v) is 11.2. The van der Waals surface area contributed by atoms with Crippen LogP contribution in [0, 0.1) is 5.82 Å². The Balaban J connectivity index is 2.00. The summed E-state index contributed by atoms with van der Waals surface area (Å²) in [7, 11) is 0. The van der Waals surface area contributed by atoms with Crippen LogP contribution < -0.4 is 5.32 Å². The molecular weight excluding hydrogens is 273 g/mol. The van der Waals surface area contributed by atoms with Crippen molar-refractivity contribution in [3.05, 3.63) is 65.5 Å². The minimum absolute atomic E-state index is 0.0248. The number of carboxylic acid groups (broad SMARTS) is 1. The summed E-state index contributed by atoms with van der Waals surface area (Å²) in [5, 5.41) is 11.6. The summed E-state index contributed by atoms with van der Waals surface area (Å²) >= 11 is 0. The van der Waals surface area contributed by atoms with Crippen molar-refractivity contribution in [3.8, 4) is 0 Å². The van der Waals surface area contributed by atoms with Crippen molar-refractivity contribution in [1.29, 1.82) is 0 Å². The third kappa shape index (κ3) is 3.89. The van der Waals surface area contributed by atoms with E-state index < -0.39 is 5.97 Å². The van der Waals surface area contributed by atoms with E-state index in [4.69, 9.17) is 5.11 Å². The molecule has 0 unspecified atom stereocenters. The van der Waals surface area contributed by atoms with Gasteiger partial charge in [0, 0.05) is 6.42 Å². The first-order chi connectivity index (χ1) is 10.1. The van der Waals surface area contributed by atoms with Gasteiger partial charge in [0.15, 0.2) is 0 Å². The lowest BCUT2D eigenvalue weighted by Gasteiger charge is -2.08. The van der Waals surface area contributed by atoms with E-state index in [9.17, 15) is 14.0 Å². The number of anilines is 1. The molecule has 2 N–H and O–H groups in total. The maximum Gasteiger partial charge on any atom is 0.337 e. The normalized spacial score (nSPS) is 10.1. The van der Waals surface area contributed by atoms with E-state index in [0.717, 1.165) is 0 Å². The maximum absolute atomic E-state index is 13.4. The number of halogens is 1. The van der Waals surface area contributed by atoms with Gasteiger partial charge in [-0.2, -0.15) is 0 Å². The highest BCUT2D eigenvalue weighted by molar-refractivity contribution is 6.00. The van der Waals surface area contributed by atoms with E-state index in [2.05, 4.69) is 5.32 Å². The average Bonchev–Trinajstić information content (AvgIpc) is 2.47. The molecule has 0 radical (unpaired) electrons. The lowest BCUT2D eigenvalue weighted by atomic mass is 10.1. The number of carbonyl (C=O) groups excluding carboxylic acids is 1. The molecule has 0 aliphatic heterocycles. The first-order valence-electron chi connectivity index (χ1n) is 6.43. The summed E-state index contributed by atoms with van der Waals surface area (Å²) in [6, 6.07) is 12.4. The molecule has 1 amide bonds. The molecule has 2 aromatic rings. The number of aryl methyl sites for hydroxylation is 1. The molecule has 2 aromatic carbocycles. The summed E-state index contributed by atoms with van der Waals surface area (Å²) in [5.41, 5.74) is 0.722. The van der Waals surface area contributed by atoms with Crippen molar-refractivity contribution in [2.75, 3.05) is 5.32 Å². The number of nitrogens with one attached hydrogen (secondary N) is 1. The molecule has 0 bridgehead atoms. The Bertz CT molecular complexity index is 670. The molecule has 21 heavy (non-hydrogen) atoms. The van der Waals surface area contributed by atoms with Crippen LogP contribution in [0.15, 0.2) is 48.5 Å². The van der Waals surface area contributed by atoms with Crippen LogP contribution in [-0.4, -0.2) is 17.0 Å². The van der Waals surface area contributed by atoms with Gasteiger partial charge in [0.2, 0.25) is 5.91 Å². The number of hydrogen-bond donors (Lipinski definition) is 2. The van der Waals surface area contributed by atoms with E-state index in [1.807, 2.05) is 0 Å². The Morgan fingerprint density at radius 3 is 2.43 bits per heavy atom. The first-order valence-corrected chi connectivity index (χ1v) is 6.43. The predicted octanol–water partition coefficient (Wildman–Crippen LogP) is 3.10. The fraction of sp³-hybridized carbons (Fsp3) is 0.125. The van der Waals surface area contributed by atoms with Gasteiger partial charge in [-0.25, -0.2) is 9.18 Å². The monoisotopic (exact) mass is 287 g/mol. The Kier molecular flexibility index (Phi) is 4.66. The number of hydrogen-bond acceptors (Lipinski definition) is 2. The SMILES string of the molecule is O=C(CCc1ccccc1F)Nc1ccccc1C(=O)O. The second kappa shape index (κ2) is 6.65. The van der Waals surface area contributed by atoms with Crippen LogP contribution in [0.4, 0.5) is 10.1 Å². The Hall–Kier alpha value is -2.69. The van der Waals surface area contributed by atoms with Gasteiger partial charge < -0.3 is 10.4 Å². The van der Waals surface area contributed by atoms with E-state index >= 15 is 0 Å². The molecule has 0 aliphatic rings. The standard InChI is InChI=1S/C16H14FNO3/c17-13-7-3-1-5-11(13)9-10-15(19)18-14-8-4-2-6-12(14)16(20)21/h1-8H,9-10H2,(H,18,19)(H,20,21). The second-order valence-corrected chi connectivity index (χ2v) is 4.49. The third-order valence-corrected chi connectivity index (χ3v) is 3.01. The molecule has 2 rings (SSSR count). The van der Waals surface area contributed by atoms with Crippen LogP contribution in [0.2, 0.25) is 0 Å². The quantitative estimate of drug-likeness (QED) is 0.888. The molecule has 0 aliphatic carbocycles. The van der Waals surface area contributed by atoms with Crippen LogP contribution in [-0.2, 0) is 11.2 Å². The zero-order valence-electron chi connectivity index (χ0n) is 11.2. The minimum atomic E-state index is -1.11. The molecule has 0 heterocycles. The number of amides is 1. The summed E-state index contributed by atoms with van der Waals surface area (Å²) in [5.74, 6) is -1.82. The summed E-state index contributed by atoms with van der Waals surface area (Å²) < 4.78 is 13.4. The molecule has 5 heteroatoms.